The molecular weight excluding hydrogens is 250 g/mol. The Kier molecular flexibility index (Phi) is 3.89. The van der Waals surface area contributed by atoms with Crippen molar-refractivity contribution < 1.29 is 4.74 Å². The van der Waals surface area contributed by atoms with Crippen LogP contribution in [0.1, 0.15) is 11.5 Å². The third kappa shape index (κ3) is 2.49. The number of aromatic nitrogens is 2. The fraction of sp³-hybridized carbons (Fsp3) is 0.308. The van der Waals surface area contributed by atoms with Crippen LogP contribution >= 0.6 is 11.6 Å². The number of hydrogen-bond acceptors (Lipinski definition) is 3. The summed E-state index contributed by atoms with van der Waals surface area (Å²) in [4.78, 5) is 7.70. The lowest BCUT2D eigenvalue weighted by atomic mass is 10.1. The van der Waals surface area contributed by atoms with Gasteiger partial charge in [-0.15, -0.1) is 0 Å². The number of benzene rings is 1. The van der Waals surface area contributed by atoms with Gasteiger partial charge in [-0.1, -0.05) is 11.6 Å². The predicted molar refractivity (Wildman–Crippen MR) is 73.1 cm³/mol. The number of ether oxygens (including phenoxy) is 1. The largest absolute Gasteiger partial charge is 0.497 e. The number of imidazole rings is 1. The van der Waals surface area contributed by atoms with Gasteiger partial charge in [0, 0.05) is 17.7 Å². The average molecular weight is 266 g/mol. The summed E-state index contributed by atoms with van der Waals surface area (Å²) in [6, 6.07) is 5.57. The van der Waals surface area contributed by atoms with Crippen LogP contribution in [0.15, 0.2) is 18.2 Å². The van der Waals surface area contributed by atoms with Crippen molar-refractivity contribution in [2.75, 3.05) is 13.7 Å². The Morgan fingerprint density at radius 1 is 1.44 bits per heavy atom. The summed E-state index contributed by atoms with van der Waals surface area (Å²) in [5.41, 5.74) is 8.38. The van der Waals surface area contributed by atoms with E-state index < -0.39 is 0 Å². The van der Waals surface area contributed by atoms with Crippen LogP contribution in [0.25, 0.3) is 11.3 Å². The van der Waals surface area contributed by atoms with E-state index in [-0.39, 0.29) is 0 Å². The molecule has 0 aliphatic heterocycles. The summed E-state index contributed by atoms with van der Waals surface area (Å²) in [6.45, 7) is 2.49. The summed E-state index contributed by atoms with van der Waals surface area (Å²) in [7, 11) is 1.61. The number of aryl methyl sites for hydroxylation is 1. The van der Waals surface area contributed by atoms with Crippen molar-refractivity contribution in [1.29, 1.82) is 0 Å². The molecule has 5 heteroatoms. The molecule has 1 aromatic carbocycles. The first-order chi connectivity index (χ1) is 8.65. The van der Waals surface area contributed by atoms with E-state index in [1.165, 1.54) is 0 Å². The van der Waals surface area contributed by atoms with Crippen LogP contribution in [0.3, 0.4) is 0 Å². The van der Waals surface area contributed by atoms with Crippen molar-refractivity contribution in [2.24, 2.45) is 5.73 Å². The van der Waals surface area contributed by atoms with E-state index in [9.17, 15) is 0 Å². The maximum absolute atomic E-state index is 6.26. The summed E-state index contributed by atoms with van der Waals surface area (Å²) in [6.07, 6.45) is 0.749. The maximum atomic E-state index is 6.26. The van der Waals surface area contributed by atoms with Crippen LogP contribution < -0.4 is 10.5 Å². The summed E-state index contributed by atoms with van der Waals surface area (Å²) in [5.74, 6) is 1.59. The number of halogens is 1. The zero-order chi connectivity index (χ0) is 13.1. The minimum Gasteiger partial charge on any atom is -0.497 e. The van der Waals surface area contributed by atoms with E-state index in [0.717, 1.165) is 34.9 Å². The molecule has 4 nitrogen and oxygen atoms in total. The molecule has 2 aromatic rings. The molecule has 1 heterocycles. The molecule has 0 fully saturated rings. The highest BCUT2D eigenvalue weighted by atomic mass is 35.5. The number of H-pyrrole nitrogens is 1. The normalized spacial score (nSPS) is 10.7. The SMILES string of the molecule is COc1ccc(-c2nc(C)[nH]c2CCN)c(Cl)c1. The van der Waals surface area contributed by atoms with Gasteiger partial charge in [0.1, 0.15) is 11.6 Å². The van der Waals surface area contributed by atoms with Gasteiger partial charge in [0.15, 0.2) is 0 Å². The number of nitrogens with one attached hydrogen (secondary N) is 1. The first kappa shape index (κ1) is 12.9. The molecule has 0 saturated heterocycles. The van der Waals surface area contributed by atoms with E-state index in [2.05, 4.69) is 9.97 Å². The smallest absolute Gasteiger partial charge is 0.120 e. The Morgan fingerprint density at radius 3 is 2.83 bits per heavy atom. The van der Waals surface area contributed by atoms with Gasteiger partial charge in [0.05, 0.1) is 17.8 Å². The fourth-order valence-corrected chi connectivity index (χ4v) is 2.16. The Hall–Kier alpha value is -1.52. The van der Waals surface area contributed by atoms with Gasteiger partial charge in [-0.05, 0) is 31.7 Å². The Bertz CT molecular complexity index is 551. The lowest BCUT2D eigenvalue weighted by Gasteiger charge is -2.06. The number of nitrogens with two attached hydrogens (primary N) is 1. The molecule has 0 saturated carbocycles. The molecule has 0 aliphatic carbocycles. The lowest BCUT2D eigenvalue weighted by Crippen LogP contribution is -2.04. The van der Waals surface area contributed by atoms with E-state index in [0.29, 0.717) is 11.6 Å². The molecule has 0 amide bonds. The predicted octanol–water partition coefficient (Wildman–Crippen LogP) is 2.55. The lowest BCUT2D eigenvalue weighted by molar-refractivity contribution is 0.415. The van der Waals surface area contributed by atoms with Crippen molar-refractivity contribution in [3.63, 3.8) is 0 Å². The number of aromatic amines is 1. The molecule has 0 aliphatic rings. The molecule has 3 N–H and O–H groups in total. The summed E-state index contributed by atoms with van der Waals surface area (Å²) in [5, 5.41) is 0.624. The second-order valence-electron chi connectivity index (χ2n) is 4.03. The third-order valence-electron chi connectivity index (χ3n) is 2.72. The Balaban J connectivity index is 2.47. The van der Waals surface area contributed by atoms with Gasteiger partial charge in [-0.25, -0.2) is 4.98 Å². The van der Waals surface area contributed by atoms with E-state index in [1.54, 1.807) is 13.2 Å². The van der Waals surface area contributed by atoms with Gasteiger partial charge < -0.3 is 15.5 Å². The minimum absolute atomic E-state index is 0.572. The van der Waals surface area contributed by atoms with E-state index >= 15 is 0 Å². The van der Waals surface area contributed by atoms with Crippen molar-refractivity contribution in [3.8, 4) is 17.0 Å². The highest BCUT2D eigenvalue weighted by Crippen LogP contribution is 2.32. The third-order valence-corrected chi connectivity index (χ3v) is 3.04. The Morgan fingerprint density at radius 2 is 2.22 bits per heavy atom. The molecule has 2 rings (SSSR count). The monoisotopic (exact) mass is 265 g/mol. The van der Waals surface area contributed by atoms with Crippen LogP contribution in [-0.4, -0.2) is 23.6 Å². The second-order valence-corrected chi connectivity index (χ2v) is 4.44. The Labute approximate surface area is 111 Å². The van der Waals surface area contributed by atoms with Crippen LogP contribution in [0.4, 0.5) is 0 Å². The van der Waals surface area contributed by atoms with Gasteiger partial charge in [0.2, 0.25) is 0 Å². The van der Waals surface area contributed by atoms with Crippen LogP contribution in [0.5, 0.6) is 5.75 Å². The quantitative estimate of drug-likeness (QED) is 0.893. The molecule has 96 valence electrons. The van der Waals surface area contributed by atoms with Crippen molar-refractivity contribution in [3.05, 3.63) is 34.7 Å². The van der Waals surface area contributed by atoms with E-state index in [1.807, 2.05) is 19.1 Å². The molecule has 0 atom stereocenters. The van der Waals surface area contributed by atoms with Gasteiger partial charge in [-0.3, -0.25) is 0 Å². The topological polar surface area (TPSA) is 63.9 Å². The van der Waals surface area contributed by atoms with E-state index in [4.69, 9.17) is 22.1 Å². The van der Waals surface area contributed by atoms with Gasteiger partial charge in [0.25, 0.3) is 0 Å². The zero-order valence-corrected chi connectivity index (χ0v) is 11.2. The van der Waals surface area contributed by atoms with Crippen molar-refractivity contribution >= 4 is 11.6 Å². The van der Waals surface area contributed by atoms with Crippen LogP contribution in [0, 0.1) is 6.92 Å². The van der Waals surface area contributed by atoms with Crippen molar-refractivity contribution in [2.45, 2.75) is 13.3 Å². The molecule has 1 aromatic heterocycles. The molecule has 0 radical (unpaired) electrons. The molecule has 18 heavy (non-hydrogen) atoms. The highest BCUT2D eigenvalue weighted by Gasteiger charge is 2.13. The molecular formula is C13H16ClN3O. The second kappa shape index (κ2) is 5.42. The fourth-order valence-electron chi connectivity index (χ4n) is 1.90. The molecule has 0 spiro atoms. The molecule has 0 bridgehead atoms. The first-order valence-electron chi connectivity index (χ1n) is 5.75. The summed E-state index contributed by atoms with van der Waals surface area (Å²) >= 11 is 6.26. The standard InChI is InChI=1S/C13H16ClN3O/c1-8-16-12(5-6-15)13(17-8)10-4-3-9(18-2)7-11(10)14/h3-4,7H,5-6,15H2,1-2H3,(H,16,17). The van der Waals surface area contributed by atoms with Gasteiger partial charge in [-0.2, -0.15) is 0 Å². The number of nitrogens with zero attached hydrogens (tertiary/aromatic N) is 1. The number of rotatable bonds is 4. The zero-order valence-electron chi connectivity index (χ0n) is 10.5. The van der Waals surface area contributed by atoms with Crippen molar-refractivity contribution in [1.82, 2.24) is 9.97 Å². The maximum Gasteiger partial charge on any atom is 0.120 e. The number of hydrogen-bond donors (Lipinski definition) is 2. The highest BCUT2D eigenvalue weighted by molar-refractivity contribution is 6.33. The van der Waals surface area contributed by atoms with Gasteiger partial charge >= 0.3 is 0 Å². The average Bonchev–Trinajstić information content (AvgIpc) is 2.70. The number of methoxy groups -OCH3 is 1. The summed E-state index contributed by atoms with van der Waals surface area (Å²) < 4.78 is 5.14. The first-order valence-corrected chi connectivity index (χ1v) is 6.13. The van der Waals surface area contributed by atoms with Crippen LogP contribution in [-0.2, 0) is 6.42 Å². The molecule has 0 unspecified atom stereocenters. The van der Waals surface area contributed by atoms with Crippen LogP contribution in [0.2, 0.25) is 5.02 Å². The minimum atomic E-state index is 0.572.